The quantitative estimate of drug-likeness (QED) is 0.635. The maximum Gasteiger partial charge on any atom is 0.0604 e. The third kappa shape index (κ3) is 1.40. The van der Waals surface area contributed by atoms with E-state index in [2.05, 4.69) is 39.4 Å². The second-order valence-corrected chi connectivity index (χ2v) is 7.89. The molecule has 3 saturated carbocycles. The SMILES string of the molecule is C=N[C@@]1(C)C[C@H]2[C@H]3C[C@@H]1C[C@@]3(C)C[C@H]2C(C)C. The summed E-state index contributed by atoms with van der Waals surface area (Å²) in [5, 5.41) is 0. The number of hydrogen-bond donors (Lipinski definition) is 0. The monoisotopic (exact) mass is 233 g/mol. The molecule has 0 amide bonds. The molecule has 0 aromatic heterocycles. The Morgan fingerprint density at radius 2 is 1.88 bits per heavy atom. The van der Waals surface area contributed by atoms with Crippen LogP contribution >= 0.6 is 0 Å². The lowest BCUT2D eigenvalue weighted by molar-refractivity contribution is 0.111. The number of hydrogen-bond acceptors (Lipinski definition) is 1. The van der Waals surface area contributed by atoms with E-state index in [4.69, 9.17) is 0 Å². The van der Waals surface area contributed by atoms with Gasteiger partial charge in [0.15, 0.2) is 0 Å². The minimum atomic E-state index is 0.187. The Morgan fingerprint density at radius 3 is 2.47 bits per heavy atom. The van der Waals surface area contributed by atoms with Crippen molar-refractivity contribution in [3.63, 3.8) is 0 Å². The van der Waals surface area contributed by atoms with Crippen LogP contribution in [0.1, 0.15) is 53.4 Å². The molecule has 0 N–H and O–H groups in total. The van der Waals surface area contributed by atoms with Gasteiger partial charge in [-0.15, -0.1) is 0 Å². The van der Waals surface area contributed by atoms with Crippen LogP contribution in [0.3, 0.4) is 0 Å². The van der Waals surface area contributed by atoms with E-state index in [0.29, 0.717) is 5.41 Å². The number of aliphatic imine (C=N–C) groups is 1. The molecule has 0 saturated heterocycles. The van der Waals surface area contributed by atoms with Crippen LogP contribution in [0.2, 0.25) is 0 Å². The molecule has 1 nitrogen and oxygen atoms in total. The van der Waals surface area contributed by atoms with Crippen LogP contribution < -0.4 is 0 Å². The first-order valence-corrected chi connectivity index (χ1v) is 7.37. The van der Waals surface area contributed by atoms with E-state index in [9.17, 15) is 0 Å². The van der Waals surface area contributed by atoms with Crippen LogP contribution in [0.4, 0.5) is 0 Å². The predicted molar refractivity (Wildman–Crippen MR) is 73.3 cm³/mol. The maximum atomic E-state index is 4.55. The van der Waals surface area contributed by atoms with Crippen LogP contribution in [0.25, 0.3) is 0 Å². The molecule has 3 aliphatic rings. The Morgan fingerprint density at radius 1 is 1.18 bits per heavy atom. The maximum absolute atomic E-state index is 4.55. The largest absolute Gasteiger partial charge is 0.294 e. The molecule has 3 aliphatic carbocycles. The number of rotatable bonds is 2. The molecule has 0 aromatic rings. The first kappa shape index (κ1) is 11.7. The Balaban J connectivity index is 1.98. The first-order valence-electron chi connectivity index (χ1n) is 7.37. The van der Waals surface area contributed by atoms with Crippen LogP contribution in [-0.2, 0) is 0 Å². The fourth-order valence-corrected chi connectivity index (χ4v) is 5.64. The molecule has 0 aromatic carbocycles. The van der Waals surface area contributed by atoms with Crippen molar-refractivity contribution < 1.29 is 0 Å². The molecule has 0 radical (unpaired) electrons. The van der Waals surface area contributed by atoms with Gasteiger partial charge in [-0.25, -0.2) is 0 Å². The summed E-state index contributed by atoms with van der Waals surface area (Å²) in [7, 11) is 0. The Labute approximate surface area is 106 Å². The highest BCUT2D eigenvalue weighted by Gasteiger charge is 2.63. The average Bonchev–Trinajstić information content (AvgIpc) is 2.69. The van der Waals surface area contributed by atoms with E-state index in [1.807, 2.05) is 0 Å². The highest BCUT2D eigenvalue weighted by atomic mass is 14.9. The van der Waals surface area contributed by atoms with E-state index in [1.54, 1.807) is 0 Å². The summed E-state index contributed by atoms with van der Waals surface area (Å²) in [6.07, 6.45) is 5.63. The van der Waals surface area contributed by atoms with Gasteiger partial charge in [0.25, 0.3) is 0 Å². The lowest BCUT2D eigenvalue weighted by Gasteiger charge is -2.43. The number of fused-ring (bicyclic) bond motifs is 1. The summed E-state index contributed by atoms with van der Waals surface area (Å²) < 4.78 is 0. The van der Waals surface area contributed by atoms with Gasteiger partial charge in [-0.05, 0) is 74.3 Å². The molecule has 2 bridgehead atoms. The summed E-state index contributed by atoms with van der Waals surface area (Å²) in [4.78, 5) is 4.55. The van der Waals surface area contributed by atoms with E-state index in [-0.39, 0.29) is 5.54 Å². The Bertz CT molecular complexity index is 347. The molecule has 17 heavy (non-hydrogen) atoms. The van der Waals surface area contributed by atoms with Crippen LogP contribution in [0, 0.1) is 35.0 Å². The van der Waals surface area contributed by atoms with Gasteiger partial charge in [0, 0.05) is 0 Å². The fourth-order valence-electron chi connectivity index (χ4n) is 5.64. The van der Waals surface area contributed by atoms with Crippen molar-refractivity contribution in [2.75, 3.05) is 0 Å². The van der Waals surface area contributed by atoms with Gasteiger partial charge in [-0.3, -0.25) is 4.99 Å². The normalized spacial score (nSPS) is 56.5. The second-order valence-electron chi connectivity index (χ2n) is 7.89. The molecule has 0 aliphatic heterocycles. The van der Waals surface area contributed by atoms with Gasteiger partial charge in [0.1, 0.15) is 0 Å². The third-order valence-corrected chi connectivity index (χ3v) is 6.66. The molecule has 6 atom stereocenters. The lowest BCUT2D eigenvalue weighted by Crippen LogP contribution is -2.40. The summed E-state index contributed by atoms with van der Waals surface area (Å²) in [6, 6.07) is 0. The molecule has 3 fully saturated rings. The van der Waals surface area contributed by atoms with Crippen molar-refractivity contribution in [1.82, 2.24) is 0 Å². The zero-order valence-corrected chi connectivity index (χ0v) is 11.9. The minimum Gasteiger partial charge on any atom is -0.294 e. The lowest BCUT2D eigenvalue weighted by atomic mass is 9.65. The van der Waals surface area contributed by atoms with Gasteiger partial charge in [0.05, 0.1) is 5.54 Å². The highest BCUT2D eigenvalue weighted by molar-refractivity contribution is 5.28. The predicted octanol–water partition coefficient (Wildman–Crippen LogP) is 4.17. The first-order chi connectivity index (χ1) is 7.89. The van der Waals surface area contributed by atoms with E-state index in [0.717, 1.165) is 29.6 Å². The topological polar surface area (TPSA) is 12.4 Å². The fraction of sp³-hybridized carbons (Fsp3) is 0.938. The Kier molecular flexibility index (Phi) is 2.32. The Hall–Kier alpha value is -0.330. The third-order valence-electron chi connectivity index (χ3n) is 6.66. The number of nitrogens with zero attached hydrogens (tertiary/aromatic N) is 1. The summed E-state index contributed by atoms with van der Waals surface area (Å²) >= 11 is 0. The molecule has 3 rings (SSSR count). The van der Waals surface area contributed by atoms with E-state index >= 15 is 0 Å². The molecule has 0 heterocycles. The highest BCUT2D eigenvalue weighted by Crippen LogP contribution is 2.69. The van der Waals surface area contributed by atoms with Crippen molar-refractivity contribution >= 4 is 6.72 Å². The standard InChI is InChI=1S/C16H27N/c1-10(2)12-8-15(3)7-11-6-14(15)13(12)9-16(11,4)17-5/h10-14H,5-9H2,1-4H3/t11-,12+,13-,14-,15+,16+/m1/s1. The average molecular weight is 233 g/mol. The van der Waals surface area contributed by atoms with Crippen molar-refractivity contribution in [1.29, 1.82) is 0 Å². The van der Waals surface area contributed by atoms with Gasteiger partial charge in [0.2, 0.25) is 0 Å². The zero-order valence-electron chi connectivity index (χ0n) is 11.9. The minimum absolute atomic E-state index is 0.187. The van der Waals surface area contributed by atoms with Crippen molar-refractivity contribution in [2.24, 2.45) is 40.0 Å². The van der Waals surface area contributed by atoms with Gasteiger partial charge >= 0.3 is 0 Å². The molecule has 96 valence electrons. The summed E-state index contributed by atoms with van der Waals surface area (Å²) in [5.41, 5.74) is 0.819. The second kappa shape index (κ2) is 3.36. The molecular formula is C16H27N. The van der Waals surface area contributed by atoms with Crippen LogP contribution in [0.5, 0.6) is 0 Å². The van der Waals surface area contributed by atoms with Crippen molar-refractivity contribution in [3.05, 3.63) is 0 Å². The van der Waals surface area contributed by atoms with Crippen molar-refractivity contribution in [3.8, 4) is 0 Å². The van der Waals surface area contributed by atoms with Gasteiger partial charge in [-0.1, -0.05) is 20.8 Å². The van der Waals surface area contributed by atoms with Crippen LogP contribution in [-0.4, -0.2) is 12.3 Å². The van der Waals surface area contributed by atoms with E-state index < -0.39 is 0 Å². The summed E-state index contributed by atoms with van der Waals surface area (Å²) in [5.74, 6) is 4.52. The van der Waals surface area contributed by atoms with E-state index in [1.165, 1.54) is 25.7 Å². The van der Waals surface area contributed by atoms with Gasteiger partial charge < -0.3 is 0 Å². The molecule has 0 unspecified atom stereocenters. The smallest absolute Gasteiger partial charge is 0.0604 e. The molecule has 0 spiro atoms. The molecule has 1 heteroatoms. The van der Waals surface area contributed by atoms with Crippen LogP contribution in [0.15, 0.2) is 4.99 Å². The van der Waals surface area contributed by atoms with Gasteiger partial charge in [-0.2, -0.15) is 0 Å². The zero-order chi connectivity index (χ0) is 12.4. The molecular weight excluding hydrogens is 206 g/mol. The van der Waals surface area contributed by atoms with Crippen molar-refractivity contribution in [2.45, 2.75) is 58.9 Å². The summed E-state index contributed by atoms with van der Waals surface area (Å²) in [6.45, 7) is 13.7.